The summed E-state index contributed by atoms with van der Waals surface area (Å²) in [5.41, 5.74) is 1.49. The van der Waals surface area contributed by atoms with Crippen LogP contribution in [-0.2, 0) is 6.54 Å². The molecule has 0 aliphatic rings. The van der Waals surface area contributed by atoms with E-state index in [4.69, 9.17) is 11.6 Å². The summed E-state index contributed by atoms with van der Waals surface area (Å²) in [5, 5.41) is 13.9. The van der Waals surface area contributed by atoms with Crippen LogP contribution in [0.25, 0.3) is 0 Å². The first-order valence-corrected chi connectivity index (χ1v) is 9.07. The van der Waals surface area contributed by atoms with E-state index in [1.165, 1.54) is 23.7 Å². The van der Waals surface area contributed by atoms with Gasteiger partial charge >= 0.3 is 0 Å². The van der Waals surface area contributed by atoms with Gasteiger partial charge in [-0.05, 0) is 18.2 Å². The first-order chi connectivity index (χ1) is 13.4. The number of aromatic hydroxyl groups is 1. The van der Waals surface area contributed by atoms with E-state index < -0.39 is 29.2 Å². The highest BCUT2D eigenvalue weighted by Gasteiger charge is 2.19. The fourth-order valence-corrected chi connectivity index (χ4v) is 3.14. The van der Waals surface area contributed by atoms with Gasteiger partial charge in [0.15, 0.2) is 17.4 Å². The largest absolute Gasteiger partial charge is 0.504 e. The van der Waals surface area contributed by atoms with Crippen LogP contribution in [0.2, 0.25) is 5.02 Å². The second kappa shape index (κ2) is 8.32. The van der Waals surface area contributed by atoms with Crippen LogP contribution in [0.1, 0.15) is 25.6 Å². The Hall–Kier alpha value is -3.04. The van der Waals surface area contributed by atoms with Gasteiger partial charge in [-0.3, -0.25) is 9.59 Å². The Balaban J connectivity index is 1.72. The van der Waals surface area contributed by atoms with Gasteiger partial charge in [0.05, 0.1) is 10.5 Å². The summed E-state index contributed by atoms with van der Waals surface area (Å²) in [6.07, 6.45) is 0. The van der Waals surface area contributed by atoms with E-state index in [9.17, 15) is 23.5 Å². The van der Waals surface area contributed by atoms with Crippen molar-refractivity contribution in [2.75, 3.05) is 5.32 Å². The summed E-state index contributed by atoms with van der Waals surface area (Å²) >= 11 is 6.63. The van der Waals surface area contributed by atoms with E-state index in [0.29, 0.717) is 5.56 Å². The Morgan fingerprint density at radius 1 is 1.14 bits per heavy atom. The number of nitrogens with zero attached hydrogens (tertiary/aromatic N) is 1. The number of aromatic nitrogens is 1. The van der Waals surface area contributed by atoms with Crippen LogP contribution in [-0.4, -0.2) is 21.9 Å². The fourth-order valence-electron chi connectivity index (χ4n) is 2.27. The third-order valence-corrected chi connectivity index (χ3v) is 4.80. The number of hydrogen-bond acceptors (Lipinski definition) is 5. The number of halogens is 3. The number of amides is 2. The van der Waals surface area contributed by atoms with Crippen molar-refractivity contribution in [3.05, 3.63) is 74.6 Å². The van der Waals surface area contributed by atoms with Gasteiger partial charge in [0.2, 0.25) is 0 Å². The first kappa shape index (κ1) is 19.7. The Bertz CT molecular complexity index is 1040. The van der Waals surface area contributed by atoms with Crippen molar-refractivity contribution in [2.24, 2.45) is 0 Å². The van der Waals surface area contributed by atoms with Gasteiger partial charge in [-0.25, -0.2) is 13.8 Å². The second-order valence-corrected chi connectivity index (χ2v) is 6.81. The molecule has 10 heteroatoms. The van der Waals surface area contributed by atoms with E-state index in [2.05, 4.69) is 15.6 Å². The van der Waals surface area contributed by atoms with Crippen molar-refractivity contribution in [2.45, 2.75) is 6.54 Å². The average molecular weight is 424 g/mol. The summed E-state index contributed by atoms with van der Waals surface area (Å²) in [7, 11) is 0. The summed E-state index contributed by atoms with van der Waals surface area (Å²) in [6, 6.07) is 7.89. The lowest BCUT2D eigenvalue weighted by Gasteiger charge is -2.08. The molecule has 0 bridgehead atoms. The highest BCUT2D eigenvalue weighted by molar-refractivity contribution is 7.12. The van der Waals surface area contributed by atoms with Crippen molar-refractivity contribution in [3.63, 3.8) is 0 Å². The van der Waals surface area contributed by atoms with Crippen molar-refractivity contribution < 1.29 is 23.5 Å². The van der Waals surface area contributed by atoms with Crippen LogP contribution in [0.4, 0.5) is 14.6 Å². The van der Waals surface area contributed by atoms with Crippen molar-refractivity contribution in [1.29, 1.82) is 0 Å². The molecule has 3 aromatic rings. The number of rotatable bonds is 5. The van der Waals surface area contributed by atoms with E-state index in [-0.39, 0.29) is 27.8 Å². The maximum atomic E-state index is 13.6. The van der Waals surface area contributed by atoms with E-state index in [1.54, 1.807) is 6.07 Å². The molecule has 3 rings (SSSR count). The van der Waals surface area contributed by atoms with Crippen LogP contribution in [0.3, 0.4) is 0 Å². The lowest BCUT2D eigenvalue weighted by Crippen LogP contribution is -2.24. The number of hydrogen-bond donors (Lipinski definition) is 3. The zero-order valence-electron chi connectivity index (χ0n) is 14.0. The number of phenols is 1. The highest BCUT2D eigenvalue weighted by atomic mass is 35.5. The molecule has 0 aliphatic carbocycles. The molecule has 6 nitrogen and oxygen atoms in total. The Labute approximate surface area is 166 Å². The Kier molecular flexibility index (Phi) is 5.86. The lowest BCUT2D eigenvalue weighted by atomic mass is 10.2. The Morgan fingerprint density at radius 3 is 2.61 bits per heavy atom. The summed E-state index contributed by atoms with van der Waals surface area (Å²) in [5.74, 6) is -3.64. The summed E-state index contributed by atoms with van der Waals surface area (Å²) in [6.45, 7) is -0.0461. The first-order valence-electron chi connectivity index (χ1n) is 7.81. The molecular weight excluding hydrogens is 412 g/mol. The van der Waals surface area contributed by atoms with Crippen LogP contribution in [0.15, 0.2) is 41.9 Å². The van der Waals surface area contributed by atoms with Gasteiger partial charge in [0.1, 0.15) is 10.7 Å². The molecular formula is C18H12ClF2N3O3S. The summed E-state index contributed by atoms with van der Waals surface area (Å²) in [4.78, 5) is 28.7. The quantitative estimate of drug-likeness (QED) is 0.579. The van der Waals surface area contributed by atoms with Crippen LogP contribution in [0, 0.1) is 11.6 Å². The number of anilines is 1. The van der Waals surface area contributed by atoms with Gasteiger partial charge in [-0.15, -0.1) is 11.3 Å². The molecule has 0 radical (unpaired) electrons. The minimum atomic E-state index is -1.06. The monoisotopic (exact) mass is 423 g/mol. The van der Waals surface area contributed by atoms with Gasteiger partial charge in [0, 0.05) is 17.7 Å². The van der Waals surface area contributed by atoms with Crippen LogP contribution >= 0.6 is 22.9 Å². The van der Waals surface area contributed by atoms with Gasteiger partial charge in [-0.2, -0.15) is 0 Å². The van der Waals surface area contributed by atoms with E-state index >= 15 is 0 Å². The lowest BCUT2D eigenvalue weighted by molar-refractivity contribution is 0.0955. The Morgan fingerprint density at radius 2 is 1.89 bits per heavy atom. The molecule has 28 heavy (non-hydrogen) atoms. The third kappa shape index (κ3) is 4.26. The van der Waals surface area contributed by atoms with Gasteiger partial charge in [-0.1, -0.05) is 29.8 Å². The van der Waals surface area contributed by atoms with Crippen LogP contribution < -0.4 is 10.6 Å². The molecule has 1 heterocycles. The van der Waals surface area contributed by atoms with Crippen molar-refractivity contribution in [3.8, 4) is 5.75 Å². The number of nitrogens with one attached hydrogen (secondary N) is 2. The van der Waals surface area contributed by atoms with E-state index in [1.807, 2.05) is 0 Å². The number of carbonyl (C=O) groups excluding carboxylic acids is 2. The third-order valence-electron chi connectivity index (χ3n) is 3.68. The topological polar surface area (TPSA) is 91.3 Å². The zero-order valence-corrected chi connectivity index (χ0v) is 15.6. The minimum Gasteiger partial charge on any atom is -0.504 e. The second-order valence-electron chi connectivity index (χ2n) is 5.55. The van der Waals surface area contributed by atoms with Crippen molar-refractivity contribution in [1.82, 2.24) is 10.3 Å². The summed E-state index contributed by atoms with van der Waals surface area (Å²) < 4.78 is 27.2. The number of phenolic OH excluding ortho intramolecular Hbond substituents is 1. The molecule has 0 aliphatic heterocycles. The maximum absolute atomic E-state index is 13.6. The zero-order chi connectivity index (χ0) is 20.3. The van der Waals surface area contributed by atoms with Gasteiger partial charge in [0.25, 0.3) is 11.8 Å². The molecule has 0 saturated carbocycles. The normalized spacial score (nSPS) is 10.5. The van der Waals surface area contributed by atoms with E-state index in [0.717, 1.165) is 23.5 Å². The standard InChI is InChI=1S/C18H12ClF2N3O3S/c19-11-5-10(6-13(21)14(11)25)17(26)24-16-15(28-8-23-16)18(27)22-7-9-3-1-2-4-12(9)20/h1-6,8,25H,7H2,(H,22,27)(H,24,26). The molecule has 0 saturated heterocycles. The fraction of sp³-hybridized carbons (Fsp3) is 0.0556. The SMILES string of the molecule is O=C(Nc1ncsc1C(=O)NCc1ccccc1F)c1cc(F)c(O)c(Cl)c1. The molecule has 1 aromatic heterocycles. The minimum absolute atomic E-state index is 0.0364. The average Bonchev–Trinajstić information content (AvgIpc) is 3.13. The van der Waals surface area contributed by atoms with Crippen LogP contribution in [0.5, 0.6) is 5.75 Å². The highest BCUT2D eigenvalue weighted by Crippen LogP contribution is 2.28. The molecule has 144 valence electrons. The molecule has 2 amide bonds. The van der Waals surface area contributed by atoms with Crippen molar-refractivity contribution >= 4 is 40.6 Å². The molecule has 0 unspecified atom stereocenters. The number of carbonyl (C=O) groups is 2. The smallest absolute Gasteiger partial charge is 0.265 e. The molecule has 0 atom stereocenters. The van der Waals surface area contributed by atoms with Gasteiger partial charge < -0.3 is 15.7 Å². The number of benzene rings is 2. The molecule has 2 aromatic carbocycles. The predicted octanol–water partition coefficient (Wildman–Crippen LogP) is 3.96. The molecule has 0 fully saturated rings. The predicted molar refractivity (Wildman–Crippen MR) is 101 cm³/mol. The molecule has 3 N–H and O–H groups in total. The number of thiazole rings is 1. The molecule has 0 spiro atoms. The maximum Gasteiger partial charge on any atom is 0.265 e.